The van der Waals surface area contributed by atoms with Gasteiger partial charge in [-0.2, -0.15) is 0 Å². The van der Waals surface area contributed by atoms with Crippen molar-refractivity contribution in [1.82, 2.24) is 0 Å². The highest BCUT2D eigenvalue weighted by Gasteiger charge is 2.55. The van der Waals surface area contributed by atoms with Crippen LogP contribution in [0.15, 0.2) is 103 Å². The zero-order chi connectivity index (χ0) is 32.2. The molecule has 0 amide bonds. The summed E-state index contributed by atoms with van der Waals surface area (Å²) in [6.45, 7) is 11.0. The quantitative estimate of drug-likeness (QED) is 0.188. The molecular formula is C38H45ClO5Si. The van der Waals surface area contributed by atoms with Crippen molar-refractivity contribution in [2.45, 2.75) is 70.5 Å². The first-order chi connectivity index (χ1) is 21.6. The minimum absolute atomic E-state index is 0.201. The van der Waals surface area contributed by atoms with Crippen LogP contribution in [0.25, 0.3) is 0 Å². The Hall–Kier alpha value is -2.97. The van der Waals surface area contributed by atoms with E-state index in [-0.39, 0.29) is 17.6 Å². The number of ether oxygens (including phenoxy) is 2. The predicted molar refractivity (Wildman–Crippen MR) is 184 cm³/mol. The maximum atomic E-state index is 12.0. The fourth-order valence-corrected chi connectivity index (χ4v) is 11.5. The Bertz CT molecular complexity index is 1480. The molecule has 1 heterocycles. The maximum absolute atomic E-state index is 12.0. The molecule has 7 heteroatoms. The average Bonchev–Trinajstić information content (AvgIpc) is 3.04. The maximum Gasteiger partial charge on any atom is 0.261 e. The third-order valence-corrected chi connectivity index (χ3v) is 14.4. The molecule has 4 aromatic carbocycles. The third kappa shape index (κ3) is 6.92. The van der Waals surface area contributed by atoms with Gasteiger partial charge in [-0.05, 0) is 63.6 Å². The van der Waals surface area contributed by atoms with E-state index in [0.717, 1.165) is 32.8 Å². The minimum Gasteiger partial charge on any atom is -0.494 e. The summed E-state index contributed by atoms with van der Waals surface area (Å²) in [5.74, 6) is 0.489. The van der Waals surface area contributed by atoms with E-state index in [9.17, 15) is 10.2 Å². The molecule has 2 N–H and O–H groups in total. The molecule has 0 aliphatic carbocycles. The van der Waals surface area contributed by atoms with E-state index >= 15 is 0 Å². The zero-order valence-corrected chi connectivity index (χ0v) is 28.6. The first-order valence-electron chi connectivity index (χ1n) is 15.8. The van der Waals surface area contributed by atoms with Crippen LogP contribution < -0.4 is 15.1 Å². The van der Waals surface area contributed by atoms with Crippen molar-refractivity contribution in [3.63, 3.8) is 0 Å². The number of benzene rings is 4. The number of halogens is 1. The predicted octanol–water partition coefficient (Wildman–Crippen LogP) is 6.70. The molecule has 0 aromatic heterocycles. The second kappa shape index (κ2) is 14.2. The van der Waals surface area contributed by atoms with E-state index in [1.54, 1.807) is 0 Å². The van der Waals surface area contributed by atoms with Crippen LogP contribution in [-0.4, -0.2) is 50.1 Å². The van der Waals surface area contributed by atoms with E-state index in [4.69, 9.17) is 25.5 Å². The summed E-state index contributed by atoms with van der Waals surface area (Å²) in [6.07, 6.45) is -2.14. The summed E-state index contributed by atoms with van der Waals surface area (Å²) < 4.78 is 19.8. The van der Waals surface area contributed by atoms with Gasteiger partial charge in [0.1, 0.15) is 18.0 Å². The van der Waals surface area contributed by atoms with Crippen LogP contribution in [0.5, 0.6) is 5.75 Å². The monoisotopic (exact) mass is 644 g/mol. The Kier molecular flexibility index (Phi) is 10.5. The van der Waals surface area contributed by atoms with E-state index in [2.05, 4.69) is 75.4 Å². The van der Waals surface area contributed by atoms with Gasteiger partial charge in [0.05, 0.1) is 25.4 Å². The summed E-state index contributed by atoms with van der Waals surface area (Å²) in [7, 11) is -3.05. The van der Waals surface area contributed by atoms with Crippen molar-refractivity contribution in [1.29, 1.82) is 0 Å². The van der Waals surface area contributed by atoms with Crippen LogP contribution in [0.3, 0.4) is 0 Å². The van der Waals surface area contributed by atoms with Crippen LogP contribution in [-0.2, 0) is 15.6 Å². The highest BCUT2D eigenvalue weighted by atomic mass is 35.5. The van der Waals surface area contributed by atoms with Crippen molar-refractivity contribution in [2.75, 3.05) is 13.2 Å². The Morgan fingerprint density at radius 1 is 0.867 bits per heavy atom. The average molecular weight is 645 g/mol. The fourth-order valence-electron chi connectivity index (χ4n) is 6.59. The minimum atomic E-state index is -3.05. The largest absolute Gasteiger partial charge is 0.494 e. The molecule has 0 radical (unpaired) electrons. The van der Waals surface area contributed by atoms with Gasteiger partial charge >= 0.3 is 0 Å². The van der Waals surface area contributed by atoms with Crippen LogP contribution in [0.1, 0.15) is 57.4 Å². The van der Waals surface area contributed by atoms with Gasteiger partial charge < -0.3 is 24.1 Å². The van der Waals surface area contributed by atoms with Gasteiger partial charge in [0.15, 0.2) is 0 Å². The first-order valence-corrected chi connectivity index (χ1v) is 18.1. The van der Waals surface area contributed by atoms with Gasteiger partial charge in [-0.15, -0.1) is 0 Å². The number of aliphatic hydroxyl groups is 2. The van der Waals surface area contributed by atoms with Crippen LogP contribution >= 0.6 is 11.6 Å². The third-order valence-electron chi connectivity index (χ3n) is 9.02. The molecule has 1 aliphatic heterocycles. The Labute approximate surface area is 273 Å². The Morgan fingerprint density at radius 3 is 2.00 bits per heavy atom. The Morgan fingerprint density at radius 2 is 1.47 bits per heavy atom. The normalized spacial score (nSPS) is 22.3. The lowest BCUT2D eigenvalue weighted by Crippen LogP contribution is -2.70. The van der Waals surface area contributed by atoms with E-state index in [1.165, 1.54) is 0 Å². The van der Waals surface area contributed by atoms with Crippen LogP contribution in [0, 0.1) is 5.92 Å². The standard InChI is InChI=1S/C38H45ClO5Si/c1-6-42-30-20-17-27(18-21-30)23-29-24-28(19-22-33(29)39)36-37(35(41)26(2)34(25-40)43-36)44-45(38(3,4)5,31-13-9-7-10-14-31)32-15-11-8-12-16-32/h7-22,24,26,34-37,40-41H,6,23,25H2,1-5H3/t26?,34-,35+,36+,37?/m1/s1. The van der Waals surface area contributed by atoms with Gasteiger partial charge in [0.25, 0.3) is 8.32 Å². The second-order valence-electron chi connectivity index (χ2n) is 13.0. The first kappa shape index (κ1) is 33.4. The lowest BCUT2D eigenvalue weighted by Gasteiger charge is -2.51. The smallest absolute Gasteiger partial charge is 0.261 e. The molecule has 1 aliphatic rings. The summed E-state index contributed by atoms with van der Waals surface area (Å²) in [4.78, 5) is 0. The molecular weight excluding hydrogens is 600 g/mol. The Balaban J connectivity index is 1.60. The lowest BCUT2D eigenvalue weighted by atomic mass is 9.85. The number of hydrogen-bond acceptors (Lipinski definition) is 5. The summed E-state index contributed by atoms with van der Waals surface area (Å²) in [5.41, 5.74) is 2.90. The molecule has 4 aromatic rings. The van der Waals surface area contributed by atoms with Crippen LogP contribution in [0.4, 0.5) is 0 Å². The highest BCUT2D eigenvalue weighted by molar-refractivity contribution is 6.99. The summed E-state index contributed by atoms with van der Waals surface area (Å²) >= 11 is 6.76. The van der Waals surface area contributed by atoms with E-state index < -0.39 is 32.7 Å². The highest BCUT2D eigenvalue weighted by Crippen LogP contribution is 2.44. The molecule has 0 saturated carbocycles. The van der Waals surface area contributed by atoms with Gasteiger partial charge in [-0.1, -0.05) is 124 Å². The van der Waals surface area contributed by atoms with Gasteiger partial charge in [0.2, 0.25) is 0 Å². The van der Waals surface area contributed by atoms with Gasteiger partial charge in [-0.3, -0.25) is 0 Å². The molecule has 0 bridgehead atoms. The second-order valence-corrected chi connectivity index (χ2v) is 17.6. The van der Waals surface area contributed by atoms with Crippen molar-refractivity contribution in [3.05, 3.63) is 125 Å². The molecule has 5 nitrogen and oxygen atoms in total. The fraction of sp³-hybridized carbons (Fsp3) is 0.368. The number of aliphatic hydroxyl groups excluding tert-OH is 2. The summed E-state index contributed by atoms with van der Waals surface area (Å²) in [5, 5.41) is 24.9. The molecule has 1 saturated heterocycles. The molecule has 2 unspecified atom stereocenters. The summed E-state index contributed by atoms with van der Waals surface area (Å²) in [6, 6.07) is 34.8. The van der Waals surface area contributed by atoms with Crippen molar-refractivity contribution >= 4 is 30.3 Å². The molecule has 1 fully saturated rings. The number of hydrogen-bond donors (Lipinski definition) is 2. The molecule has 238 valence electrons. The van der Waals surface area contributed by atoms with E-state index in [1.807, 2.05) is 62.4 Å². The van der Waals surface area contributed by atoms with Crippen molar-refractivity contribution in [3.8, 4) is 5.75 Å². The number of rotatable bonds is 10. The van der Waals surface area contributed by atoms with Gasteiger partial charge in [-0.25, -0.2) is 0 Å². The molecule has 5 atom stereocenters. The topological polar surface area (TPSA) is 68.2 Å². The van der Waals surface area contributed by atoms with Crippen molar-refractivity contribution in [2.24, 2.45) is 5.92 Å². The van der Waals surface area contributed by atoms with E-state index in [0.29, 0.717) is 18.1 Å². The van der Waals surface area contributed by atoms with Gasteiger partial charge in [0, 0.05) is 10.9 Å². The molecule has 5 rings (SSSR count). The SMILES string of the molecule is CCOc1ccc(Cc2cc([C@@H]3O[C@H](CO)C(C)[C@H](O)C3O[Si](c3ccccc3)(c3ccccc3)C(C)(C)C)ccc2Cl)cc1. The van der Waals surface area contributed by atoms with Crippen molar-refractivity contribution < 1.29 is 24.1 Å². The lowest BCUT2D eigenvalue weighted by molar-refractivity contribution is -0.201. The zero-order valence-electron chi connectivity index (χ0n) is 26.8. The molecule has 45 heavy (non-hydrogen) atoms. The van der Waals surface area contributed by atoms with Crippen LogP contribution in [0.2, 0.25) is 10.1 Å². The molecule has 0 spiro atoms.